The van der Waals surface area contributed by atoms with Gasteiger partial charge in [0.25, 0.3) is 5.69 Å². The summed E-state index contributed by atoms with van der Waals surface area (Å²) >= 11 is 1.81. The first-order valence-corrected chi connectivity index (χ1v) is 10.6. The molecule has 0 N–H and O–H groups in total. The first-order chi connectivity index (χ1) is 13.0. The molecule has 2 aromatic carbocycles. The fourth-order valence-corrected chi connectivity index (χ4v) is 4.80. The van der Waals surface area contributed by atoms with E-state index in [2.05, 4.69) is 25.7 Å². The van der Waals surface area contributed by atoms with Crippen LogP contribution < -0.4 is 0 Å². The number of nitro benzene ring substituents is 1. The first-order valence-electron chi connectivity index (χ1n) is 9.65. The highest BCUT2D eigenvalue weighted by atomic mass is 32.2. The zero-order valence-electron chi connectivity index (χ0n) is 16.2. The standard InChI is InChI=1S/C21H27N3O2S/c1-4-5-12-23-16(13-15(2)3)14-27-21(23)22-19-10-11-20(24(25)26)18-9-7-6-8-17(18)19/h6-11,15-16H,4-5,12-14H2,1-3H3/t16-/m0/s1. The van der Waals surface area contributed by atoms with Gasteiger partial charge in [0.2, 0.25) is 0 Å². The number of hydrogen-bond acceptors (Lipinski definition) is 4. The molecule has 0 unspecified atom stereocenters. The molecular weight excluding hydrogens is 358 g/mol. The zero-order chi connectivity index (χ0) is 19.4. The minimum atomic E-state index is -0.324. The number of rotatable bonds is 7. The largest absolute Gasteiger partial charge is 0.347 e. The maximum Gasteiger partial charge on any atom is 0.277 e. The van der Waals surface area contributed by atoms with Crippen molar-refractivity contribution in [3.8, 4) is 0 Å². The normalized spacial score (nSPS) is 18.7. The SMILES string of the molecule is CCCCN1C(=Nc2ccc([N+](=O)[O-])c3ccccc23)SC[C@@H]1CC(C)C. The number of unbranched alkanes of at least 4 members (excludes halogenated alkanes) is 1. The number of benzene rings is 2. The molecule has 1 aliphatic heterocycles. The van der Waals surface area contributed by atoms with Gasteiger partial charge in [-0.2, -0.15) is 0 Å². The van der Waals surface area contributed by atoms with Crippen LogP contribution >= 0.6 is 11.8 Å². The van der Waals surface area contributed by atoms with Crippen molar-refractivity contribution in [3.63, 3.8) is 0 Å². The van der Waals surface area contributed by atoms with Crippen molar-refractivity contribution in [1.29, 1.82) is 0 Å². The number of amidine groups is 1. The van der Waals surface area contributed by atoms with E-state index >= 15 is 0 Å². The highest BCUT2D eigenvalue weighted by Gasteiger charge is 2.30. The smallest absolute Gasteiger partial charge is 0.277 e. The van der Waals surface area contributed by atoms with Crippen molar-refractivity contribution in [2.75, 3.05) is 12.3 Å². The molecule has 0 spiro atoms. The Morgan fingerprint density at radius 3 is 2.67 bits per heavy atom. The Labute approximate surface area is 165 Å². The van der Waals surface area contributed by atoms with Gasteiger partial charge in [-0.1, -0.05) is 57.2 Å². The van der Waals surface area contributed by atoms with Gasteiger partial charge >= 0.3 is 0 Å². The van der Waals surface area contributed by atoms with Gasteiger partial charge in [0.15, 0.2) is 5.17 Å². The van der Waals surface area contributed by atoms with Gasteiger partial charge in [-0.05, 0) is 30.9 Å². The summed E-state index contributed by atoms with van der Waals surface area (Å²) in [6.07, 6.45) is 3.47. The number of hydrogen-bond donors (Lipinski definition) is 0. The lowest BCUT2D eigenvalue weighted by Gasteiger charge is -2.27. The molecule has 0 aromatic heterocycles. The van der Waals surface area contributed by atoms with E-state index in [1.807, 2.05) is 18.2 Å². The van der Waals surface area contributed by atoms with Gasteiger partial charge in [0.1, 0.15) is 0 Å². The maximum absolute atomic E-state index is 11.3. The molecule has 5 nitrogen and oxygen atoms in total. The molecule has 1 aliphatic rings. The maximum atomic E-state index is 11.3. The van der Waals surface area contributed by atoms with Crippen LogP contribution in [-0.2, 0) is 0 Å². The summed E-state index contributed by atoms with van der Waals surface area (Å²) in [5.41, 5.74) is 0.944. The topological polar surface area (TPSA) is 58.7 Å². The number of nitrogens with zero attached hydrogens (tertiary/aromatic N) is 3. The molecule has 0 amide bonds. The fourth-order valence-electron chi connectivity index (χ4n) is 3.57. The monoisotopic (exact) mass is 385 g/mol. The van der Waals surface area contributed by atoms with E-state index < -0.39 is 0 Å². The van der Waals surface area contributed by atoms with E-state index in [1.165, 1.54) is 0 Å². The molecular formula is C21H27N3O2S. The average molecular weight is 386 g/mol. The summed E-state index contributed by atoms with van der Waals surface area (Å²) in [6.45, 7) is 7.76. The van der Waals surface area contributed by atoms with Crippen LogP contribution in [0, 0.1) is 16.0 Å². The van der Waals surface area contributed by atoms with Gasteiger partial charge in [0.05, 0.1) is 16.0 Å². The number of fused-ring (bicyclic) bond motifs is 1. The third-order valence-corrected chi connectivity index (χ3v) is 6.01. The van der Waals surface area contributed by atoms with Crippen molar-refractivity contribution in [3.05, 3.63) is 46.5 Å². The first kappa shape index (κ1) is 19.7. The Hall–Kier alpha value is -2.08. The molecule has 0 bridgehead atoms. The van der Waals surface area contributed by atoms with E-state index in [4.69, 9.17) is 4.99 Å². The second kappa shape index (κ2) is 8.74. The molecule has 2 aromatic rings. The molecule has 3 rings (SSSR count). The number of non-ortho nitro benzene ring substituents is 1. The van der Waals surface area contributed by atoms with Gasteiger partial charge in [-0.15, -0.1) is 0 Å². The van der Waals surface area contributed by atoms with E-state index in [-0.39, 0.29) is 10.6 Å². The second-order valence-corrected chi connectivity index (χ2v) is 8.43. The summed E-state index contributed by atoms with van der Waals surface area (Å²) in [6, 6.07) is 11.3. The van der Waals surface area contributed by atoms with Crippen LogP contribution in [0.3, 0.4) is 0 Å². The third kappa shape index (κ3) is 4.43. The zero-order valence-corrected chi connectivity index (χ0v) is 17.0. The Morgan fingerprint density at radius 1 is 1.26 bits per heavy atom. The van der Waals surface area contributed by atoms with Crippen LogP contribution in [0.4, 0.5) is 11.4 Å². The lowest BCUT2D eigenvalue weighted by molar-refractivity contribution is -0.383. The molecule has 0 radical (unpaired) electrons. The molecule has 1 fully saturated rings. The van der Waals surface area contributed by atoms with Gasteiger partial charge in [-0.25, -0.2) is 4.99 Å². The highest BCUT2D eigenvalue weighted by molar-refractivity contribution is 8.14. The Kier molecular flexibility index (Phi) is 6.37. The quantitative estimate of drug-likeness (QED) is 0.433. The third-order valence-electron chi connectivity index (χ3n) is 4.88. The summed E-state index contributed by atoms with van der Waals surface area (Å²) < 4.78 is 0. The molecule has 1 saturated heterocycles. The Morgan fingerprint density at radius 2 is 2.00 bits per heavy atom. The summed E-state index contributed by atoms with van der Waals surface area (Å²) in [5, 5.41) is 13.9. The predicted molar refractivity (Wildman–Crippen MR) is 115 cm³/mol. The second-order valence-electron chi connectivity index (χ2n) is 7.44. The van der Waals surface area contributed by atoms with Crippen molar-refractivity contribution < 1.29 is 4.92 Å². The van der Waals surface area contributed by atoms with Crippen molar-refractivity contribution >= 4 is 39.1 Å². The van der Waals surface area contributed by atoms with E-state index in [0.717, 1.165) is 47.8 Å². The molecule has 6 heteroatoms. The molecule has 27 heavy (non-hydrogen) atoms. The molecule has 1 atom stereocenters. The summed E-state index contributed by atoms with van der Waals surface area (Å²) in [5.74, 6) is 1.71. The Balaban J connectivity index is 1.99. The van der Waals surface area contributed by atoms with Crippen molar-refractivity contribution in [2.24, 2.45) is 10.9 Å². The number of aliphatic imine (C=N–C) groups is 1. The fraction of sp³-hybridized carbons (Fsp3) is 0.476. The lowest BCUT2D eigenvalue weighted by atomic mass is 10.0. The lowest BCUT2D eigenvalue weighted by Crippen LogP contribution is -2.35. The van der Waals surface area contributed by atoms with Crippen molar-refractivity contribution in [1.82, 2.24) is 4.90 Å². The van der Waals surface area contributed by atoms with Crippen LogP contribution in [0.5, 0.6) is 0 Å². The van der Waals surface area contributed by atoms with Gasteiger partial charge in [-0.3, -0.25) is 10.1 Å². The van der Waals surface area contributed by atoms with E-state index in [0.29, 0.717) is 17.3 Å². The summed E-state index contributed by atoms with van der Waals surface area (Å²) in [4.78, 5) is 18.4. The average Bonchev–Trinajstić information content (AvgIpc) is 3.00. The Bertz CT molecular complexity index is 850. The molecule has 144 valence electrons. The number of thioether (sulfide) groups is 1. The molecule has 1 heterocycles. The van der Waals surface area contributed by atoms with Crippen LogP contribution in [0.2, 0.25) is 0 Å². The van der Waals surface area contributed by atoms with Crippen LogP contribution in [-0.4, -0.2) is 33.3 Å². The molecule has 0 aliphatic carbocycles. The number of nitro groups is 1. The van der Waals surface area contributed by atoms with Crippen LogP contribution in [0.15, 0.2) is 41.4 Å². The van der Waals surface area contributed by atoms with Gasteiger partial charge in [0, 0.05) is 29.8 Å². The predicted octanol–water partition coefficient (Wildman–Crippen LogP) is 6.00. The van der Waals surface area contributed by atoms with Gasteiger partial charge < -0.3 is 4.90 Å². The van der Waals surface area contributed by atoms with Crippen LogP contribution in [0.25, 0.3) is 10.8 Å². The highest BCUT2D eigenvalue weighted by Crippen LogP contribution is 2.36. The van der Waals surface area contributed by atoms with Crippen molar-refractivity contribution in [2.45, 2.75) is 46.1 Å². The minimum absolute atomic E-state index is 0.133. The van der Waals surface area contributed by atoms with E-state index in [1.54, 1.807) is 30.0 Å². The molecule has 0 saturated carbocycles. The van der Waals surface area contributed by atoms with E-state index in [9.17, 15) is 10.1 Å². The minimum Gasteiger partial charge on any atom is -0.347 e. The van der Waals surface area contributed by atoms with Crippen LogP contribution in [0.1, 0.15) is 40.0 Å². The summed E-state index contributed by atoms with van der Waals surface area (Å²) in [7, 11) is 0.